The largest absolute Gasteiger partial charge is 0.392 e. The molecule has 0 unspecified atom stereocenters. The van der Waals surface area contributed by atoms with Crippen LogP contribution in [0.1, 0.15) is 5.56 Å². The van der Waals surface area contributed by atoms with E-state index < -0.39 is 0 Å². The molecule has 0 atom stereocenters. The van der Waals surface area contributed by atoms with Crippen LogP contribution in [0.25, 0.3) is 0 Å². The summed E-state index contributed by atoms with van der Waals surface area (Å²) in [6.07, 6.45) is 0. The maximum atomic E-state index is 12.4. The van der Waals surface area contributed by atoms with Crippen molar-refractivity contribution in [3.8, 4) is 0 Å². The third-order valence-corrected chi connectivity index (χ3v) is 1.06. The lowest BCUT2D eigenvalue weighted by Crippen LogP contribution is -1.86. The number of hydrogen-bond donors (Lipinski definition) is 1. The van der Waals surface area contributed by atoms with Gasteiger partial charge in [0.2, 0.25) is 0 Å². The maximum absolute atomic E-state index is 12.4. The van der Waals surface area contributed by atoms with Gasteiger partial charge in [0.25, 0.3) is 0 Å². The zero-order chi connectivity index (χ0) is 6.69. The number of aliphatic hydroxyl groups is 1. The van der Waals surface area contributed by atoms with Gasteiger partial charge < -0.3 is 5.11 Å². The Bertz CT molecular complexity index is 198. The summed E-state index contributed by atoms with van der Waals surface area (Å²) in [6, 6.07) is 6.81. The van der Waals surface area contributed by atoms with Crippen molar-refractivity contribution in [2.24, 2.45) is 0 Å². The Morgan fingerprint density at radius 3 is 2.89 bits per heavy atom. The second kappa shape index (κ2) is 2.60. The van der Waals surface area contributed by atoms with Gasteiger partial charge >= 0.3 is 0 Å². The van der Waals surface area contributed by atoms with Crippen molar-refractivity contribution >= 4 is 0 Å². The van der Waals surface area contributed by atoms with Gasteiger partial charge in [-0.2, -0.15) is 0 Å². The van der Waals surface area contributed by atoms with E-state index >= 15 is 0 Å². The smallest absolute Gasteiger partial charge is 0.128 e. The molecule has 0 aliphatic carbocycles. The van der Waals surface area contributed by atoms with Crippen molar-refractivity contribution in [3.63, 3.8) is 0 Å². The van der Waals surface area contributed by atoms with E-state index in [1.165, 1.54) is 18.2 Å². The molecular weight excluding hydrogens is 119 g/mol. The monoisotopic (exact) mass is 125 g/mol. The molecule has 1 N–H and O–H groups in total. The average Bonchev–Trinajstić information content (AvgIpc) is 1.89. The second-order valence-corrected chi connectivity index (χ2v) is 1.68. The van der Waals surface area contributed by atoms with Crippen molar-refractivity contribution in [1.82, 2.24) is 0 Å². The van der Waals surface area contributed by atoms with Gasteiger partial charge in [-0.3, -0.25) is 0 Å². The highest BCUT2D eigenvalue weighted by molar-refractivity contribution is 5.14. The lowest BCUT2D eigenvalue weighted by Gasteiger charge is -1.93. The molecule has 1 aromatic rings. The SMILES string of the molecule is OCc1c[c]ccc1F. The Morgan fingerprint density at radius 1 is 1.67 bits per heavy atom. The summed E-state index contributed by atoms with van der Waals surface area (Å²) in [5.41, 5.74) is 0.289. The molecule has 0 aromatic heterocycles. The Morgan fingerprint density at radius 2 is 2.44 bits per heavy atom. The fourth-order valence-electron chi connectivity index (χ4n) is 0.567. The quantitative estimate of drug-likeness (QED) is 0.596. The molecule has 0 aliphatic rings. The Balaban J connectivity index is 3.01. The van der Waals surface area contributed by atoms with Crippen molar-refractivity contribution in [1.29, 1.82) is 0 Å². The summed E-state index contributed by atoms with van der Waals surface area (Å²) in [5, 5.41) is 8.46. The highest BCUT2D eigenvalue weighted by atomic mass is 19.1. The summed E-state index contributed by atoms with van der Waals surface area (Å²) < 4.78 is 12.4. The molecule has 1 nitrogen and oxygen atoms in total. The molecule has 0 saturated carbocycles. The summed E-state index contributed by atoms with van der Waals surface area (Å²) in [6.45, 7) is -0.261. The molecule has 47 valence electrons. The van der Waals surface area contributed by atoms with Crippen molar-refractivity contribution in [3.05, 3.63) is 35.6 Å². The molecular formula is C7H6FO. The van der Waals surface area contributed by atoms with Crippen LogP contribution >= 0.6 is 0 Å². The van der Waals surface area contributed by atoms with Crippen LogP contribution in [0.15, 0.2) is 18.2 Å². The molecule has 1 radical (unpaired) electrons. The first kappa shape index (κ1) is 6.23. The van der Waals surface area contributed by atoms with Gasteiger partial charge in [0, 0.05) is 5.56 Å². The van der Waals surface area contributed by atoms with E-state index in [0.717, 1.165) is 0 Å². The lowest BCUT2D eigenvalue weighted by molar-refractivity contribution is 0.275. The van der Waals surface area contributed by atoms with Gasteiger partial charge in [0.1, 0.15) is 5.82 Å². The van der Waals surface area contributed by atoms with Crippen molar-refractivity contribution in [2.75, 3.05) is 0 Å². The highest BCUT2D eigenvalue weighted by Crippen LogP contribution is 2.03. The minimum Gasteiger partial charge on any atom is -0.392 e. The number of aliphatic hydroxyl groups excluding tert-OH is 1. The first-order valence-electron chi connectivity index (χ1n) is 2.60. The normalized spacial score (nSPS) is 9.56. The lowest BCUT2D eigenvalue weighted by atomic mass is 10.2. The molecule has 1 aromatic carbocycles. The van der Waals surface area contributed by atoms with Crippen LogP contribution < -0.4 is 0 Å². The fourth-order valence-corrected chi connectivity index (χ4v) is 0.567. The summed E-state index contributed by atoms with van der Waals surface area (Å²) in [5.74, 6) is -0.378. The topological polar surface area (TPSA) is 20.2 Å². The third-order valence-electron chi connectivity index (χ3n) is 1.06. The molecule has 1 rings (SSSR count). The van der Waals surface area contributed by atoms with Gasteiger partial charge in [-0.05, 0) is 18.2 Å². The Labute approximate surface area is 52.8 Å². The van der Waals surface area contributed by atoms with Crippen LogP contribution in [0, 0.1) is 11.9 Å². The summed E-state index contributed by atoms with van der Waals surface area (Å²) in [4.78, 5) is 0. The van der Waals surface area contributed by atoms with Gasteiger partial charge in [0.15, 0.2) is 0 Å². The van der Waals surface area contributed by atoms with Crippen LogP contribution in [0.4, 0.5) is 4.39 Å². The molecule has 0 aliphatic heterocycles. The fraction of sp³-hybridized carbons (Fsp3) is 0.143. The molecule has 9 heavy (non-hydrogen) atoms. The predicted molar refractivity (Wildman–Crippen MR) is 31.2 cm³/mol. The van der Waals surface area contributed by atoms with Crippen LogP contribution in [-0.2, 0) is 6.61 Å². The van der Waals surface area contributed by atoms with Crippen molar-refractivity contribution < 1.29 is 9.50 Å². The Hall–Kier alpha value is -0.890. The van der Waals surface area contributed by atoms with Crippen LogP contribution in [0.2, 0.25) is 0 Å². The van der Waals surface area contributed by atoms with E-state index in [9.17, 15) is 4.39 Å². The second-order valence-electron chi connectivity index (χ2n) is 1.68. The molecule has 0 saturated heterocycles. The minimum absolute atomic E-state index is 0.261. The number of rotatable bonds is 1. The average molecular weight is 125 g/mol. The van der Waals surface area contributed by atoms with E-state index in [-0.39, 0.29) is 18.0 Å². The van der Waals surface area contributed by atoms with E-state index in [4.69, 9.17) is 5.11 Å². The molecule has 2 heteroatoms. The van der Waals surface area contributed by atoms with Gasteiger partial charge in [-0.1, -0.05) is 6.07 Å². The maximum Gasteiger partial charge on any atom is 0.128 e. The molecule has 0 amide bonds. The first-order valence-corrected chi connectivity index (χ1v) is 2.60. The zero-order valence-corrected chi connectivity index (χ0v) is 4.76. The minimum atomic E-state index is -0.378. The van der Waals surface area contributed by atoms with Crippen LogP contribution in [0.3, 0.4) is 0 Å². The molecule has 0 fully saturated rings. The number of hydrogen-bond acceptors (Lipinski definition) is 1. The molecule has 0 spiro atoms. The summed E-state index contributed by atoms with van der Waals surface area (Å²) in [7, 11) is 0. The van der Waals surface area contributed by atoms with Crippen LogP contribution in [0.5, 0.6) is 0 Å². The standard InChI is InChI=1S/C7H6FO/c8-7-4-2-1-3-6(7)5-9/h2-4,9H,5H2. The zero-order valence-electron chi connectivity index (χ0n) is 4.76. The summed E-state index contributed by atoms with van der Waals surface area (Å²) >= 11 is 0. The van der Waals surface area contributed by atoms with E-state index in [2.05, 4.69) is 6.07 Å². The van der Waals surface area contributed by atoms with Gasteiger partial charge in [0.05, 0.1) is 6.61 Å². The molecule has 0 heterocycles. The molecule has 0 bridgehead atoms. The highest BCUT2D eigenvalue weighted by Gasteiger charge is 1.95. The number of halogens is 1. The van der Waals surface area contributed by atoms with Gasteiger partial charge in [-0.15, -0.1) is 0 Å². The van der Waals surface area contributed by atoms with E-state index in [1.807, 2.05) is 0 Å². The number of benzene rings is 1. The van der Waals surface area contributed by atoms with Gasteiger partial charge in [-0.25, -0.2) is 4.39 Å². The first-order chi connectivity index (χ1) is 4.34. The predicted octanol–water partition coefficient (Wildman–Crippen LogP) is 1.12. The Kier molecular flexibility index (Phi) is 1.80. The van der Waals surface area contributed by atoms with E-state index in [0.29, 0.717) is 0 Å². The van der Waals surface area contributed by atoms with Crippen LogP contribution in [-0.4, -0.2) is 5.11 Å². The third kappa shape index (κ3) is 1.27. The van der Waals surface area contributed by atoms with Crippen molar-refractivity contribution in [2.45, 2.75) is 6.61 Å². The van der Waals surface area contributed by atoms with E-state index in [1.54, 1.807) is 0 Å².